The van der Waals surface area contributed by atoms with Crippen molar-refractivity contribution in [2.24, 2.45) is 11.8 Å². The molecule has 0 amide bonds. The van der Waals surface area contributed by atoms with Gasteiger partial charge in [-0.3, -0.25) is 4.79 Å². The Morgan fingerprint density at radius 1 is 1.21 bits per heavy atom. The molecule has 0 aromatic rings. The Bertz CT molecular complexity index is 162. The van der Waals surface area contributed by atoms with E-state index in [9.17, 15) is 4.79 Å². The lowest BCUT2D eigenvalue weighted by molar-refractivity contribution is -0.131. The fourth-order valence-electron chi connectivity index (χ4n) is 1.60. The van der Waals surface area contributed by atoms with Crippen molar-refractivity contribution in [3.8, 4) is 0 Å². The highest BCUT2D eigenvalue weighted by Gasteiger charge is 2.20. The molecule has 0 aliphatic rings. The highest BCUT2D eigenvalue weighted by atomic mass is 16.5. The van der Waals surface area contributed by atoms with Crippen molar-refractivity contribution in [2.45, 2.75) is 53.1 Å². The van der Waals surface area contributed by atoms with Crippen LogP contribution in [0.2, 0.25) is 0 Å². The zero-order valence-corrected chi connectivity index (χ0v) is 10.2. The number of ketones is 1. The molecular formula is C12H24O2. The lowest BCUT2D eigenvalue weighted by Crippen LogP contribution is -2.28. The van der Waals surface area contributed by atoms with Gasteiger partial charge < -0.3 is 4.74 Å². The van der Waals surface area contributed by atoms with Crippen LogP contribution < -0.4 is 0 Å². The molecule has 0 saturated carbocycles. The van der Waals surface area contributed by atoms with Gasteiger partial charge in [0.1, 0.15) is 6.10 Å². The van der Waals surface area contributed by atoms with E-state index in [-0.39, 0.29) is 17.8 Å². The van der Waals surface area contributed by atoms with Gasteiger partial charge in [-0.1, -0.05) is 34.1 Å². The second-order valence-electron chi connectivity index (χ2n) is 4.65. The van der Waals surface area contributed by atoms with E-state index in [0.29, 0.717) is 12.3 Å². The minimum atomic E-state index is -0.206. The third-order valence-electron chi connectivity index (χ3n) is 2.38. The van der Waals surface area contributed by atoms with Gasteiger partial charge in [0, 0.05) is 13.5 Å². The summed E-state index contributed by atoms with van der Waals surface area (Å²) in [7, 11) is 1.62. The zero-order valence-electron chi connectivity index (χ0n) is 10.2. The monoisotopic (exact) mass is 200 g/mol. The average Bonchev–Trinajstić information content (AvgIpc) is 2.03. The fourth-order valence-corrected chi connectivity index (χ4v) is 1.60. The van der Waals surface area contributed by atoms with Crippen LogP contribution in [0.25, 0.3) is 0 Å². The van der Waals surface area contributed by atoms with Crippen molar-refractivity contribution in [2.75, 3.05) is 7.11 Å². The number of rotatable bonds is 7. The van der Waals surface area contributed by atoms with Crippen LogP contribution in [0.1, 0.15) is 47.0 Å². The summed E-state index contributed by atoms with van der Waals surface area (Å²) in [5.74, 6) is 1.22. The van der Waals surface area contributed by atoms with Crippen molar-refractivity contribution in [3.63, 3.8) is 0 Å². The maximum atomic E-state index is 11.7. The van der Waals surface area contributed by atoms with E-state index in [1.54, 1.807) is 7.11 Å². The van der Waals surface area contributed by atoms with Crippen LogP contribution in [0.5, 0.6) is 0 Å². The lowest BCUT2D eigenvalue weighted by atomic mass is 9.97. The summed E-state index contributed by atoms with van der Waals surface area (Å²) in [6, 6.07) is 0. The second kappa shape index (κ2) is 6.99. The summed E-state index contributed by atoms with van der Waals surface area (Å²) in [5, 5.41) is 0. The number of ether oxygens (including phenoxy) is 1. The third kappa shape index (κ3) is 5.38. The van der Waals surface area contributed by atoms with E-state index in [1.807, 2.05) is 13.8 Å². The van der Waals surface area contributed by atoms with Gasteiger partial charge in [-0.2, -0.15) is 0 Å². The van der Waals surface area contributed by atoms with Gasteiger partial charge in [0.05, 0.1) is 0 Å². The Hall–Kier alpha value is -0.370. The first kappa shape index (κ1) is 13.6. The molecule has 0 aromatic carbocycles. The summed E-state index contributed by atoms with van der Waals surface area (Å²) in [6.45, 7) is 8.41. The minimum Gasteiger partial charge on any atom is -0.373 e. The van der Waals surface area contributed by atoms with E-state index in [4.69, 9.17) is 4.74 Å². The van der Waals surface area contributed by atoms with E-state index in [1.165, 1.54) is 0 Å². The van der Waals surface area contributed by atoms with Crippen molar-refractivity contribution >= 4 is 5.78 Å². The Morgan fingerprint density at radius 3 is 2.14 bits per heavy atom. The standard InChI is InChI=1S/C12H24O2/c1-9(2)7-6-8-11(13)12(14-5)10(3)4/h9-10,12H,6-8H2,1-5H3. The van der Waals surface area contributed by atoms with Gasteiger partial charge in [0.15, 0.2) is 5.78 Å². The maximum Gasteiger partial charge on any atom is 0.161 e. The van der Waals surface area contributed by atoms with Gasteiger partial charge in [-0.05, 0) is 18.3 Å². The Morgan fingerprint density at radius 2 is 1.79 bits per heavy atom. The minimum absolute atomic E-state index is 0.206. The Balaban J connectivity index is 3.81. The molecule has 1 atom stereocenters. The summed E-state index contributed by atoms with van der Waals surface area (Å²) >= 11 is 0. The molecule has 2 heteroatoms. The number of Topliss-reactive ketones (excluding diaryl/α,β-unsaturated/α-hetero) is 1. The molecule has 0 rings (SSSR count). The molecule has 0 heterocycles. The predicted octanol–water partition coefficient (Wildman–Crippen LogP) is 3.05. The summed E-state index contributed by atoms with van der Waals surface area (Å²) < 4.78 is 5.18. The topological polar surface area (TPSA) is 26.3 Å². The second-order valence-corrected chi connectivity index (χ2v) is 4.65. The van der Waals surface area contributed by atoms with E-state index < -0.39 is 0 Å². The summed E-state index contributed by atoms with van der Waals surface area (Å²) in [4.78, 5) is 11.7. The molecule has 0 fully saturated rings. The van der Waals surface area contributed by atoms with Gasteiger partial charge in [-0.15, -0.1) is 0 Å². The molecule has 0 aliphatic heterocycles. The first-order chi connectivity index (χ1) is 6.49. The SMILES string of the molecule is COC(C(=O)CCCC(C)C)C(C)C. The van der Waals surface area contributed by atoms with E-state index in [2.05, 4.69) is 13.8 Å². The van der Waals surface area contributed by atoms with Crippen molar-refractivity contribution in [1.29, 1.82) is 0 Å². The van der Waals surface area contributed by atoms with Crippen LogP contribution in [0, 0.1) is 11.8 Å². The average molecular weight is 200 g/mol. The number of hydrogen-bond donors (Lipinski definition) is 0. The van der Waals surface area contributed by atoms with Crippen LogP contribution in [0.4, 0.5) is 0 Å². The van der Waals surface area contributed by atoms with Gasteiger partial charge in [0.25, 0.3) is 0 Å². The molecule has 2 nitrogen and oxygen atoms in total. The van der Waals surface area contributed by atoms with Crippen LogP contribution in [-0.2, 0) is 9.53 Å². The highest BCUT2D eigenvalue weighted by Crippen LogP contribution is 2.13. The number of methoxy groups -OCH3 is 1. The number of carbonyl (C=O) groups excluding carboxylic acids is 1. The number of carbonyl (C=O) groups is 1. The smallest absolute Gasteiger partial charge is 0.161 e. The first-order valence-corrected chi connectivity index (χ1v) is 5.54. The molecular weight excluding hydrogens is 176 g/mol. The normalized spacial score (nSPS) is 13.6. The zero-order chi connectivity index (χ0) is 11.1. The predicted molar refractivity (Wildman–Crippen MR) is 59.3 cm³/mol. The van der Waals surface area contributed by atoms with Crippen molar-refractivity contribution in [3.05, 3.63) is 0 Å². The lowest BCUT2D eigenvalue weighted by Gasteiger charge is -2.17. The summed E-state index contributed by atoms with van der Waals surface area (Å²) in [5.41, 5.74) is 0. The van der Waals surface area contributed by atoms with Crippen LogP contribution in [-0.4, -0.2) is 19.0 Å². The molecule has 0 aromatic heterocycles. The molecule has 0 saturated heterocycles. The van der Waals surface area contributed by atoms with Gasteiger partial charge in [-0.25, -0.2) is 0 Å². The first-order valence-electron chi connectivity index (χ1n) is 5.54. The Kier molecular flexibility index (Phi) is 6.81. The Labute approximate surface area is 88.0 Å². The van der Waals surface area contributed by atoms with Crippen molar-refractivity contribution < 1.29 is 9.53 Å². The van der Waals surface area contributed by atoms with Crippen LogP contribution in [0.3, 0.4) is 0 Å². The highest BCUT2D eigenvalue weighted by molar-refractivity contribution is 5.83. The number of hydrogen-bond acceptors (Lipinski definition) is 2. The molecule has 84 valence electrons. The molecule has 0 aliphatic carbocycles. The molecule has 0 N–H and O–H groups in total. The molecule has 14 heavy (non-hydrogen) atoms. The molecule has 1 unspecified atom stereocenters. The van der Waals surface area contributed by atoms with Gasteiger partial charge >= 0.3 is 0 Å². The fraction of sp³-hybridized carbons (Fsp3) is 0.917. The molecule has 0 bridgehead atoms. The quantitative estimate of drug-likeness (QED) is 0.631. The van der Waals surface area contributed by atoms with Crippen LogP contribution in [0.15, 0.2) is 0 Å². The molecule has 0 spiro atoms. The maximum absolute atomic E-state index is 11.7. The van der Waals surface area contributed by atoms with Gasteiger partial charge in [0.2, 0.25) is 0 Å². The van der Waals surface area contributed by atoms with E-state index >= 15 is 0 Å². The molecule has 0 radical (unpaired) electrons. The third-order valence-corrected chi connectivity index (χ3v) is 2.38. The van der Waals surface area contributed by atoms with Crippen LogP contribution >= 0.6 is 0 Å². The summed E-state index contributed by atoms with van der Waals surface area (Å²) in [6.07, 6.45) is 2.57. The largest absolute Gasteiger partial charge is 0.373 e. The van der Waals surface area contributed by atoms with Crippen molar-refractivity contribution in [1.82, 2.24) is 0 Å². The van der Waals surface area contributed by atoms with E-state index in [0.717, 1.165) is 12.8 Å².